The molecule has 2 N–H and O–H groups in total. The molecule has 2 fully saturated rings. The van der Waals surface area contributed by atoms with Gasteiger partial charge in [-0.3, -0.25) is 14.9 Å². The fourth-order valence-corrected chi connectivity index (χ4v) is 4.05. The maximum absolute atomic E-state index is 12.4. The molecule has 1 spiro atoms. The lowest BCUT2D eigenvalue weighted by molar-refractivity contribution is -0.138. The molecule has 3 heterocycles. The van der Waals surface area contributed by atoms with Gasteiger partial charge in [-0.2, -0.15) is 0 Å². The van der Waals surface area contributed by atoms with Crippen LogP contribution >= 0.6 is 0 Å². The molecule has 23 heavy (non-hydrogen) atoms. The van der Waals surface area contributed by atoms with E-state index in [0.29, 0.717) is 19.4 Å². The van der Waals surface area contributed by atoms with Crippen molar-refractivity contribution < 1.29 is 14.3 Å². The number of benzene rings is 1. The van der Waals surface area contributed by atoms with Crippen molar-refractivity contribution in [3.63, 3.8) is 0 Å². The number of nitrogens with one attached hydrogen (secondary N) is 2. The van der Waals surface area contributed by atoms with E-state index < -0.39 is 5.41 Å². The third-order valence-corrected chi connectivity index (χ3v) is 5.49. The van der Waals surface area contributed by atoms with Crippen molar-refractivity contribution >= 4 is 11.8 Å². The maximum Gasteiger partial charge on any atom is 0.240 e. The van der Waals surface area contributed by atoms with Crippen molar-refractivity contribution in [1.82, 2.24) is 10.6 Å². The van der Waals surface area contributed by atoms with Gasteiger partial charge in [-0.25, -0.2) is 0 Å². The molecule has 2 amide bonds. The summed E-state index contributed by atoms with van der Waals surface area (Å²) in [5.74, 6) is 1.15. The summed E-state index contributed by atoms with van der Waals surface area (Å²) in [5, 5.41) is 5.86. The average molecular weight is 314 g/mol. The van der Waals surface area contributed by atoms with E-state index in [4.69, 9.17) is 4.74 Å². The van der Waals surface area contributed by atoms with E-state index in [0.717, 1.165) is 36.7 Å². The normalized spacial score (nSPS) is 27.7. The van der Waals surface area contributed by atoms with Gasteiger partial charge in [-0.05, 0) is 56.3 Å². The van der Waals surface area contributed by atoms with Crippen LogP contribution in [0, 0.1) is 5.92 Å². The van der Waals surface area contributed by atoms with Gasteiger partial charge < -0.3 is 10.1 Å². The van der Waals surface area contributed by atoms with Crippen LogP contribution in [-0.4, -0.2) is 31.5 Å². The molecule has 0 aliphatic carbocycles. The number of piperidine rings is 2. The molecule has 3 aliphatic rings. The monoisotopic (exact) mass is 314 g/mol. The van der Waals surface area contributed by atoms with Crippen LogP contribution in [0.3, 0.4) is 0 Å². The Hall–Kier alpha value is -1.88. The van der Waals surface area contributed by atoms with Crippen LogP contribution in [0.2, 0.25) is 0 Å². The van der Waals surface area contributed by atoms with Gasteiger partial charge in [0.05, 0.1) is 0 Å². The van der Waals surface area contributed by atoms with E-state index in [1.165, 1.54) is 18.4 Å². The van der Waals surface area contributed by atoms with E-state index in [1.54, 1.807) is 0 Å². The fraction of sp³-hybridized carbons (Fsp3) is 0.556. The number of carbonyl (C=O) groups excluding carboxylic acids is 2. The van der Waals surface area contributed by atoms with Crippen molar-refractivity contribution in [2.75, 3.05) is 19.7 Å². The highest BCUT2D eigenvalue weighted by Gasteiger charge is 2.50. The first-order chi connectivity index (χ1) is 11.2. The van der Waals surface area contributed by atoms with Gasteiger partial charge in [0.1, 0.15) is 17.8 Å². The number of carbonyl (C=O) groups is 2. The zero-order valence-electron chi connectivity index (χ0n) is 13.2. The van der Waals surface area contributed by atoms with Crippen molar-refractivity contribution in [2.45, 2.75) is 37.5 Å². The zero-order valence-corrected chi connectivity index (χ0v) is 13.2. The molecule has 0 bridgehead atoms. The highest BCUT2D eigenvalue weighted by Crippen LogP contribution is 2.44. The molecule has 122 valence electrons. The second-order valence-corrected chi connectivity index (χ2v) is 6.98. The Balaban J connectivity index is 1.56. The number of imide groups is 1. The molecule has 0 saturated carbocycles. The number of amides is 2. The Bertz CT molecular complexity index is 652. The lowest BCUT2D eigenvalue weighted by Crippen LogP contribution is -2.52. The predicted octanol–water partition coefficient (Wildman–Crippen LogP) is 1.30. The minimum Gasteiger partial charge on any atom is -0.492 e. The van der Waals surface area contributed by atoms with Gasteiger partial charge in [-0.15, -0.1) is 0 Å². The van der Waals surface area contributed by atoms with Crippen molar-refractivity contribution in [3.8, 4) is 5.75 Å². The highest BCUT2D eigenvalue weighted by atomic mass is 16.5. The number of hydrogen-bond donors (Lipinski definition) is 2. The van der Waals surface area contributed by atoms with Gasteiger partial charge in [0.2, 0.25) is 11.8 Å². The molecule has 1 aromatic rings. The first-order valence-corrected chi connectivity index (χ1v) is 8.49. The largest absolute Gasteiger partial charge is 0.492 e. The topological polar surface area (TPSA) is 67.4 Å². The lowest BCUT2D eigenvalue weighted by Gasteiger charge is -2.30. The smallest absolute Gasteiger partial charge is 0.240 e. The average Bonchev–Trinajstić information content (AvgIpc) is 2.92. The van der Waals surface area contributed by atoms with Gasteiger partial charge in [-0.1, -0.05) is 12.1 Å². The SMILES string of the molecule is O=C1CCC2(COc3cc(CC4CCNCC4)ccc32)C(=O)N1. The first kappa shape index (κ1) is 14.7. The first-order valence-electron chi connectivity index (χ1n) is 8.49. The summed E-state index contributed by atoms with van der Waals surface area (Å²) in [7, 11) is 0. The van der Waals surface area contributed by atoms with Gasteiger partial charge in [0.15, 0.2) is 0 Å². The number of fused-ring (bicyclic) bond motifs is 2. The molecular weight excluding hydrogens is 292 g/mol. The molecule has 0 radical (unpaired) electrons. The molecular formula is C18H22N2O3. The fourth-order valence-electron chi connectivity index (χ4n) is 4.05. The second-order valence-electron chi connectivity index (χ2n) is 6.98. The maximum atomic E-state index is 12.4. The standard InChI is InChI=1S/C18H22N2O3/c21-16-3-6-18(17(22)20-16)11-23-15-10-13(1-2-14(15)18)9-12-4-7-19-8-5-12/h1-2,10,12,19H,3-9,11H2,(H,20,21,22). The summed E-state index contributed by atoms with van der Waals surface area (Å²) >= 11 is 0. The minimum atomic E-state index is -0.670. The molecule has 2 saturated heterocycles. The van der Waals surface area contributed by atoms with E-state index >= 15 is 0 Å². The summed E-state index contributed by atoms with van der Waals surface area (Å²) in [4.78, 5) is 23.8. The van der Waals surface area contributed by atoms with Gasteiger partial charge in [0.25, 0.3) is 0 Å². The summed E-state index contributed by atoms with van der Waals surface area (Å²) in [5.41, 5.74) is 1.55. The minimum absolute atomic E-state index is 0.184. The molecule has 1 aromatic carbocycles. The second kappa shape index (κ2) is 5.64. The van der Waals surface area contributed by atoms with E-state index in [9.17, 15) is 9.59 Å². The number of hydrogen-bond acceptors (Lipinski definition) is 4. The molecule has 1 atom stereocenters. The van der Waals surface area contributed by atoms with Crippen LogP contribution in [0.4, 0.5) is 0 Å². The molecule has 5 nitrogen and oxygen atoms in total. The predicted molar refractivity (Wildman–Crippen MR) is 85.3 cm³/mol. The van der Waals surface area contributed by atoms with Crippen LogP contribution in [0.15, 0.2) is 18.2 Å². The van der Waals surface area contributed by atoms with E-state index in [-0.39, 0.29) is 11.8 Å². The summed E-state index contributed by atoms with van der Waals surface area (Å²) < 4.78 is 5.84. The Labute approximate surface area is 135 Å². The Morgan fingerprint density at radius 3 is 2.83 bits per heavy atom. The Morgan fingerprint density at radius 2 is 2.04 bits per heavy atom. The Morgan fingerprint density at radius 1 is 1.22 bits per heavy atom. The molecule has 1 unspecified atom stereocenters. The van der Waals surface area contributed by atoms with Crippen LogP contribution in [-0.2, 0) is 21.4 Å². The van der Waals surface area contributed by atoms with Crippen LogP contribution in [0.1, 0.15) is 36.8 Å². The molecule has 0 aromatic heterocycles. The van der Waals surface area contributed by atoms with Crippen LogP contribution in [0.5, 0.6) is 5.75 Å². The zero-order chi connectivity index (χ0) is 15.9. The van der Waals surface area contributed by atoms with Crippen molar-refractivity contribution in [3.05, 3.63) is 29.3 Å². The van der Waals surface area contributed by atoms with Gasteiger partial charge in [0, 0.05) is 12.0 Å². The van der Waals surface area contributed by atoms with E-state index in [2.05, 4.69) is 22.8 Å². The lowest BCUT2D eigenvalue weighted by atomic mass is 9.75. The van der Waals surface area contributed by atoms with Crippen LogP contribution < -0.4 is 15.4 Å². The third kappa shape index (κ3) is 2.53. The summed E-state index contributed by atoms with van der Waals surface area (Å²) in [6.45, 7) is 2.55. The molecule has 5 heteroatoms. The van der Waals surface area contributed by atoms with Gasteiger partial charge >= 0.3 is 0 Å². The van der Waals surface area contributed by atoms with Crippen molar-refractivity contribution in [2.24, 2.45) is 5.92 Å². The number of rotatable bonds is 2. The summed E-state index contributed by atoms with van der Waals surface area (Å²) in [6, 6.07) is 6.25. The highest BCUT2D eigenvalue weighted by molar-refractivity contribution is 6.04. The Kier molecular flexibility index (Phi) is 3.60. The third-order valence-electron chi connectivity index (χ3n) is 5.49. The van der Waals surface area contributed by atoms with Crippen LogP contribution in [0.25, 0.3) is 0 Å². The van der Waals surface area contributed by atoms with E-state index in [1.807, 2.05) is 6.07 Å². The quantitative estimate of drug-likeness (QED) is 0.808. The molecule has 3 aliphatic heterocycles. The molecule has 4 rings (SSSR count). The van der Waals surface area contributed by atoms with Crippen molar-refractivity contribution in [1.29, 1.82) is 0 Å². The summed E-state index contributed by atoms with van der Waals surface area (Å²) in [6.07, 6.45) is 4.42. The number of ether oxygens (including phenoxy) is 1.